The first kappa shape index (κ1) is 12.9. The van der Waals surface area contributed by atoms with Crippen LogP contribution in [0.3, 0.4) is 0 Å². The van der Waals surface area contributed by atoms with Crippen LogP contribution in [0.2, 0.25) is 0 Å². The molecule has 0 bridgehead atoms. The highest BCUT2D eigenvalue weighted by Gasteiger charge is 1.98. The van der Waals surface area contributed by atoms with Gasteiger partial charge in [0, 0.05) is 22.8 Å². The molecule has 18 heavy (non-hydrogen) atoms. The van der Waals surface area contributed by atoms with Gasteiger partial charge in [-0.2, -0.15) is 0 Å². The fraction of sp³-hybridized carbons (Fsp3) is 0.143. The third kappa shape index (κ3) is 3.74. The summed E-state index contributed by atoms with van der Waals surface area (Å²) in [6, 6.07) is 14.0. The zero-order valence-corrected chi connectivity index (χ0v) is 11.3. The van der Waals surface area contributed by atoms with E-state index in [9.17, 15) is 4.39 Å². The van der Waals surface area contributed by atoms with Crippen molar-refractivity contribution < 1.29 is 9.13 Å². The van der Waals surface area contributed by atoms with Gasteiger partial charge in [-0.05, 0) is 40.2 Å². The molecule has 0 aliphatic carbocycles. The summed E-state index contributed by atoms with van der Waals surface area (Å²) in [6.07, 6.45) is 0. The smallest absolute Gasteiger partial charge is 0.126 e. The first-order valence-electron chi connectivity index (χ1n) is 5.62. The van der Waals surface area contributed by atoms with E-state index in [1.165, 1.54) is 12.1 Å². The lowest BCUT2D eigenvalue weighted by Crippen LogP contribution is -2.11. The quantitative estimate of drug-likeness (QED) is 0.840. The van der Waals surface area contributed by atoms with Crippen molar-refractivity contribution in [1.29, 1.82) is 0 Å². The minimum absolute atomic E-state index is 0.286. The molecule has 2 aromatic carbocycles. The summed E-state index contributed by atoms with van der Waals surface area (Å²) in [5, 5.41) is 3.23. The molecule has 0 saturated carbocycles. The number of ether oxygens (including phenoxy) is 1. The van der Waals surface area contributed by atoms with Gasteiger partial charge < -0.3 is 10.1 Å². The molecule has 0 aromatic heterocycles. The number of rotatable bonds is 5. The van der Waals surface area contributed by atoms with Crippen LogP contribution in [0.5, 0.6) is 5.75 Å². The lowest BCUT2D eigenvalue weighted by molar-refractivity contribution is 0.331. The summed E-state index contributed by atoms with van der Waals surface area (Å²) >= 11 is 3.45. The van der Waals surface area contributed by atoms with Crippen molar-refractivity contribution in [2.75, 3.05) is 18.5 Å². The number of hydrogen-bond donors (Lipinski definition) is 1. The molecule has 94 valence electrons. The summed E-state index contributed by atoms with van der Waals surface area (Å²) < 4.78 is 19.3. The summed E-state index contributed by atoms with van der Waals surface area (Å²) in [6.45, 7) is 1.13. The molecule has 4 heteroatoms. The van der Waals surface area contributed by atoms with Crippen molar-refractivity contribution in [2.24, 2.45) is 0 Å². The van der Waals surface area contributed by atoms with Gasteiger partial charge in [-0.1, -0.05) is 18.2 Å². The van der Waals surface area contributed by atoms with E-state index >= 15 is 0 Å². The van der Waals surface area contributed by atoms with Gasteiger partial charge in [0.2, 0.25) is 0 Å². The number of halogens is 2. The molecule has 2 nitrogen and oxygen atoms in total. The molecule has 1 N–H and O–H groups in total. The van der Waals surface area contributed by atoms with E-state index in [-0.39, 0.29) is 5.82 Å². The molecule has 0 aliphatic heterocycles. The Morgan fingerprint density at radius 2 is 1.94 bits per heavy atom. The Kier molecular flexibility index (Phi) is 4.59. The molecular formula is C14H13BrFNO. The number of para-hydroxylation sites is 1. The van der Waals surface area contributed by atoms with Gasteiger partial charge in [-0.15, -0.1) is 0 Å². The lowest BCUT2D eigenvalue weighted by Gasteiger charge is -2.09. The van der Waals surface area contributed by atoms with E-state index in [1.807, 2.05) is 24.3 Å². The summed E-state index contributed by atoms with van der Waals surface area (Å²) in [4.78, 5) is 0. The first-order chi connectivity index (χ1) is 8.75. The minimum atomic E-state index is -0.286. The average molecular weight is 310 g/mol. The van der Waals surface area contributed by atoms with Gasteiger partial charge in [0.1, 0.15) is 18.2 Å². The van der Waals surface area contributed by atoms with E-state index < -0.39 is 0 Å². The molecule has 0 atom stereocenters. The van der Waals surface area contributed by atoms with Gasteiger partial charge in [0.05, 0.1) is 0 Å². The Hall–Kier alpha value is -1.55. The van der Waals surface area contributed by atoms with Crippen molar-refractivity contribution in [2.45, 2.75) is 0 Å². The second-order valence-corrected chi connectivity index (χ2v) is 4.57. The maximum atomic E-state index is 12.9. The van der Waals surface area contributed by atoms with Crippen LogP contribution >= 0.6 is 15.9 Å². The third-order valence-corrected chi connectivity index (χ3v) is 3.05. The van der Waals surface area contributed by atoms with Crippen LogP contribution in [-0.2, 0) is 0 Å². The number of nitrogens with one attached hydrogen (secondary N) is 1. The van der Waals surface area contributed by atoms with E-state index in [4.69, 9.17) is 4.74 Å². The molecule has 0 fully saturated rings. The van der Waals surface area contributed by atoms with Crippen molar-refractivity contribution in [3.05, 3.63) is 58.8 Å². The van der Waals surface area contributed by atoms with Gasteiger partial charge in [0.15, 0.2) is 0 Å². The van der Waals surface area contributed by atoms with E-state index in [2.05, 4.69) is 21.2 Å². The SMILES string of the molecule is Fc1cccc(OCCNc2ccccc2Br)c1. The van der Waals surface area contributed by atoms with Crippen LogP contribution < -0.4 is 10.1 Å². The van der Waals surface area contributed by atoms with Gasteiger partial charge in [-0.25, -0.2) is 4.39 Å². The maximum Gasteiger partial charge on any atom is 0.126 e. The van der Waals surface area contributed by atoms with E-state index in [0.29, 0.717) is 18.9 Å². The second-order valence-electron chi connectivity index (χ2n) is 3.71. The predicted octanol–water partition coefficient (Wildman–Crippen LogP) is 4.08. The number of hydrogen-bond acceptors (Lipinski definition) is 2. The van der Waals surface area contributed by atoms with Crippen LogP contribution in [0.4, 0.5) is 10.1 Å². The molecule has 2 aromatic rings. The summed E-state index contributed by atoms with van der Waals surface area (Å²) in [5.41, 5.74) is 1.01. The molecule has 0 radical (unpaired) electrons. The zero-order chi connectivity index (χ0) is 12.8. The minimum Gasteiger partial charge on any atom is -0.492 e. The Balaban J connectivity index is 1.78. The van der Waals surface area contributed by atoms with Crippen LogP contribution in [0, 0.1) is 5.82 Å². The molecule has 2 rings (SSSR count). The number of anilines is 1. The molecule has 0 saturated heterocycles. The fourth-order valence-corrected chi connectivity index (χ4v) is 1.94. The zero-order valence-electron chi connectivity index (χ0n) is 9.70. The molecule has 0 spiro atoms. The summed E-state index contributed by atoms with van der Waals surface area (Å²) in [5.74, 6) is 0.259. The van der Waals surface area contributed by atoms with Crippen molar-refractivity contribution in [3.63, 3.8) is 0 Å². The average Bonchev–Trinajstić information content (AvgIpc) is 2.37. The summed E-state index contributed by atoms with van der Waals surface area (Å²) in [7, 11) is 0. The highest BCUT2D eigenvalue weighted by atomic mass is 79.9. The van der Waals surface area contributed by atoms with Gasteiger partial charge in [-0.3, -0.25) is 0 Å². The highest BCUT2D eigenvalue weighted by Crippen LogP contribution is 2.20. The Morgan fingerprint density at radius 3 is 2.72 bits per heavy atom. The van der Waals surface area contributed by atoms with Crippen molar-refractivity contribution >= 4 is 21.6 Å². The monoisotopic (exact) mass is 309 g/mol. The standard InChI is InChI=1S/C14H13BrFNO/c15-13-6-1-2-7-14(13)17-8-9-18-12-5-3-4-11(16)10-12/h1-7,10,17H,8-9H2. The Labute approximate surface area is 114 Å². The molecule has 0 unspecified atom stereocenters. The maximum absolute atomic E-state index is 12.9. The Bertz CT molecular complexity index is 519. The normalized spacial score (nSPS) is 10.1. The lowest BCUT2D eigenvalue weighted by atomic mass is 10.3. The molecule has 0 amide bonds. The fourth-order valence-electron chi connectivity index (χ4n) is 1.52. The van der Waals surface area contributed by atoms with Gasteiger partial charge >= 0.3 is 0 Å². The largest absolute Gasteiger partial charge is 0.492 e. The molecular weight excluding hydrogens is 297 g/mol. The van der Waals surface area contributed by atoms with Crippen molar-refractivity contribution in [3.8, 4) is 5.75 Å². The third-order valence-electron chi connectivity index (χ3n) is 2.36. The number of benzene rings is 2. The van der Waals surface area contributed by atoms with Crippen LogP contribution in [0.1, 0.15) is 0 Å². The van der Waals surface area contributed by atoms with Gasteiger partial charge in [0.25, 0.3) is 0 Å². The van der Waals surface area contributed by atoms with Crippen molar-refractivity contribution in [1.82, 2.24) is 0 Å². The van der Waals surface area contributed by atoms with Crippen LogP contribution in [-0.4, -0.2) is 13.2 Å². The second kappa shape index (κ2) is 6.40. The van der Waals surface area contributed by atoms with Crippen LogP contribution in [0.15, 0.2) is 53.0 Å². The Morgan fingerprint density at radius 1 is 1.11 bits per heavy atom. The highest BCUT2D eigenvalue weighted by molar-refractivity contribution is 9.10. The molecule has 0 aliphatic rings. The predicted molar refractivity (Wildman–Crippen MR) is 74.5 cm³/mol. The van der Waals surface area contributed by atoms with E-state index in [1.54, 1.807) is 12.1 Å². The topological polar surface area (TPSA) is 21.3 Å². The molecule has 0 heterocycles. The van der Waals surface area contributed by atoms with E-state index in [0.717, 1.165) is 10.2 Å². The van der Waals surface area contributed by atoms with Crippen LogP contribution in [0.25, 0.3) is 0 Å². The first-order valence-corrected chi connectivity index (χ1v) is 6.42.